The molecule has 0 bridgehead atoms. The molecule has 0 spiro atoms. The number of hydrogen-bond acceptors (Lipinski definition) is 4. The molecular formula is C12H15N2O3. The first-order valence-electron chi connectivity index (χ1n) is 5.78. The predicted octanol–water partition coefficient (Wildman–Crippen LogP) is 1.92. The van der Waals surface area contributed by atoms with Crippen LogP contribution in [-0.2, 0) is 0 Å². The van der Waals surface area contributed by atoms with Gasteiger partial charge >= 0.3 is 0 Å². The third-order valence-corrected chi connectivity index (χ3v) is 2.85. The van der Waals surface area contributed by atoms with Crippen LogP contribution in [0.3, 0.4) is 0 Å². The smallest absolute Gasteiger partial charge is 0.281 e. The van der Waals surface area contributed by atoms with Gasteiger partial charge in [0.15, 0.2) is 0 Å². The molecule has 0 aromatic heterocycles. The highest BCUT2D eigenvalue weighted by molar-refractivity contribution is 5.36. The Morgan fingerprint density at radius 2 is 2.53 bits per heavy atom. The monoisotopic (exact) mass is 235 g/mol. The van der Waals surface area contributed by atoms with Crippen LogP contribution < -0.4 is 10.1 Å². The Morgan fingerprint density at radius 1 is 1.65 bits per heavy atom. The molecule has 91 valence electrons. The highest BCUT2D eigenvalue weighted by Crippen LogP contribution is 2.19. The number of ether oxygens (including phenoxy) is 1. The number of nitrogens with zero attached hydrogens (tertiary/aromatic N) is 1. The molecule has 1 unspecified atom stereocenters. The fourth-order valence-electron chi connectivity index (χ4n) is 1.95. The van der Waals surface area contributed by atoms with Crippen molar-refractivity contribution in [1.82, 2.24) is 5.32 Å². The van der Waals surface area contributed by atoms with Gasteiger partial charge in [0.05, 0.1) is 23.7 Å². The summed E-state index contributed by atoms with van der Waals surface area (Å²) in [6.45, 7) is 1.66. The van der Waals surface area contributed by atoms with Crippen molar-refractivity contribution in [3.8, 4) is 5.75 Å². The predicted molar refractivity (Wildman–Crippen MR) is 63.1 cm³/mol. The first-order valence-corrected chi connectivity index (χ1v) is 5.78. The van der Waals surface area contributed by atoms with E-state index in [4.69, 9.17) is 4.74 Å². The van der Waals surface area contributed by atoms with Gasteiger partial charge in [0.25, 0.3) is 5.69 Å². The number of nitro benzene ring substituents is 1. The van der Waals surface area contributed by atoms with Crippen LogP contribution in [-0.4, -0.2) is 24.1 Å². The van der Waals surface area contributed by atoms with Gasteiger partial charge in [-0.3, -0.25) is 10.1 Å². The summed E-state index contributed by atoms with van der Waals surface area (Å²) in [4.78, 5) is 10.1. The maximum absolute atomic E-state index is 10.5. The van der Waals surface area contributed by atoms with Crippen molar-refractivity contribution in [2.45, 2.75) is 25.3 Å². The van der Waals surface area contributed by atoms with Crippen molar-refractivity contribution in [1.29, 1.82) is 0 Å². The number of hydrogen-bond donors (Lipinski definition) is 1. The lowest BCUT2D eigenvalue weighted by Gasteiger charge is -2.10. The summed E-state index contributed by atoms with van der Waals surface area (Å²) in [5.74, 6) is 0.536. The standard InChI is InChI=1S/C12H15N2O3/c15-14(16)11-4-1-5-12(9-11)17-8-6-10-3-2-7-13-10/h1,5,9-10,13H,2-3,6-8H2. The Bertz CT molecular complexity index is 389. The van der Waals surface area contributed by atoms with E-state index in [0.29, 0.717) is 18.4 Å². The summed E-state index contributed by atoms with van der Waals surface area (Å²) in [7, 11) is 0. The molecule has 1 radical (unpaired) electrons. The van der Waals surface area contributed by atoms with E-state index >= 15 is 0 Å². The van der Waals surface area contributed by atoms with Crippen molar-refractivity contribution in [3.63, 3.8) is 0 Å². The lowest BCUT2D eigenvalue weighted by molar-refractivity contribution is -0.385. The molecular weight excluding hydrogens is 220 g/mol. The van der Waals surface area contributed by atoms with Crippen LogP contribution in [0.5, 0.6) is 5.75 Å². The molecule has 17 heavy (non-hydrogen) atoms. The topological polar surface area (TPSA) is 64.4 Å². The molecule has 1 saturated heterocycles. The summed E-state index contributed by atoms with van der Waals surface area (Å²) in [5, 5.41) is 13.9. The average molecular weight is 235 g/mol. The number of rotatable bonds is 5. The zero-order chi connectivity index (χ0) is 12.1. The SMILES string of the molecule is O=[N+]([O-])c1[c]ccc(OCCC2CCCN2)c1. The second kappa shape index (κ2) is 5.63. The third-order valence-electron chi connectivity index (χ3n) is 2.85. The maximum Gasteiger partial charge on any atom is 0.281 e. The second-order valence-corrected chi connectivity index (χ2v) is 4.10. The van der Waals surface area contributed by atoms with E-state index < -0.39 is 4.92 Å². The summed E-state index contributed by atoms with van der Waals surface area (Å²) < 4.78 is 5.49. The van der Waals surface area contributed by atoms with E-state index in [9.17, 15) is 10.1 Å². The summed E-state index contributed by atoms with van der Waals surface area (Å²) in [5.41, 5.74) is -0.0542. The second-order valence-electron chi connectivity index (χ2n) is 4.10. The zero-order valence-corrected chi connectivity index (χ0v) is 9.52. The quantitative estimate of drug-likeness (QED) is 0.625. The summed E-state index contributed by atoms with van der Waals surface area (Å²) in [6, 6.07) is 7.69. The molecule has 1 heterocycles. The third kappa shape index (κ3) is 3.42. The Labute approximate surface area is 99.9 Å². The molecule has 1 fully saturated rings. The van der Waals surface area contributed by atoms with Gasteiger partial charge in [-0.2, -0.15) is 0 Å². The van der Waals surface area contributed by atoms with Crippen LogP contribution in [0.1, 0.15) is 19.3 Å². The first-order chi connectivity index (χ1) is 8.25. The zero-order valence-electron chi connectivity index (χ0n) is 9.52. The fraction of sp³-hybridized carbons (Fsp3) is 0.500. The summed E-state index contributed by atoms with van der Waals surface area (Å²) >= 11 is 0. The van der Waals surface area contributed by atoms with Crippen molar-refractivity contribution in [2.75, 3.05) is 13.2 Å². The molecule has 0 aliphatic carbocycles. The molecule has 1 atom stereocenters. The maximum atomic E-state index is 10.5. The molecule has 5 nitrogen and oxygen atoms in total. The highest BCUT2D eigenvalue weighted by Gasteiger charge is 2.13. The molecule has 1 N–H and O–H groups in total. The molecule has 1 aliphatic heterocycles. The number of benzene rings is 1. The first kappa shape index (κ1) is 11.9. The van der Waals surface area contributed by atoms with E-state index in [0.717, 1.165) is 13.0 Å². The Morgan fingerprint density at radius 3 is 3.24 bits per heavy atom. The molecule has 1 aromatic carbocycles. The molecule has 0 saturated carbocycles. The van der Waals surface area contributed by atoms with Gasteiger partial charge in [0, 0.05) is 6.04 Å². The largest absolute Gasteiger partial charge is 0.493 e. The molecule has 5 heteroatoms. The van der Waals surface area contributed by atoms with Crippen LogP contribution in [0, 0.1) is 16.2 Å². The lowest BCUT2D eigenvalue weighted by Crippen LogP contribution is -2.23. The van der Waals surface area contributed by atoms with Crippen molar-refractivity contribution >= 4 is 5.69 Å². The minimum atomic E-state index is -0.467. The Hall–Kier alpha value is -1.62. The minimum Gasteiger partial charge on any atom is -0.493 e. The van der Waals surface area contributed by atoms with E-state index in [1.165, 1.54) is 25.0 Å². The van der Waals surface area contributed by atoms with Gasteiger partial charge < -0.3 is 10.1 Å². The van der Waals surface area contributed by atoms with Crippen LogP contribution in [0.2, 0.25) is 0 Å². The van der Waals surface area contributed by atoms with Crippen molar-refractivity contribution in [3.05, 3.63) is 34.4 Å². The number of non-ortho nitro benzene ring substituents is 1. The molecule has 2 rings (SSSR count). The fourth-order valence-corrected chi connectivity index (χ4v) is 1.95. The van der Waals surface area contributed by atoms with Gasteiger partial charge in [-0.15, -0.1) is 0 Å². The number of nitro groups is 1. The van der Waals surface area contributed by atoms with Crippen LogP contribution >= 0.6 is 0 Å². The van der Waals surface area contributed by atoms with E-state index in [1.54, 1.807) is 6.07 Å². The molecule has 1 aliphatic rings. The van der Waals surface area contributed by atoms with E-state index in [1.807, 2.05) is 0 Å². The Balaban J connectivity index is 1.81. The van der Waals surface area contributed by atoms with Crippen LogP contribution in [0.25, 0.3) is 0 Å². The Kier molecular flexibility index (Phi) is 3.93. The van der Waals surface area contributed by atoms with Crippen molar-refractivity contribution < 1.29 is 9.66 Å². The lowest BCUT2D eigenvalue weighted by atomic mass is 10.2. The van der Waals surface area contributed by atoms with Gasteiger partial charge in [-0.05, 0) is 37.9 Å². The van der Waals surface area contributed by atoms with Gasteiger partial charge in [-0.25, -0.2) is 0 Å². The molecule has 1 aromatic rings. The van der Waals surface area contributed by atoms with Crippen LogP contribution in [0.4, 0.5) is 5.69 Å². The van der Waals surface area contributed by atoms with E-state index in [2.05, 4.69) is 11.4 Å². The normalized spacial score (nSPS) is 19.2. The highest BCUT2D eigenvalue weighted by atomic mass is 16.6. The van der Waals surface area contributed by atoms with Gasteiger partial charge in [-0.1, -0.05) is 0 Å². The van der Waals surface area contributed by atoms with Crippen molar-refractivity contribution in [2.24, 2.45) is 0 Å². The average Bonchev–Trinajstić information content (AvgIpc) is 2.82. The number of nitrogens with one attached hydrogen (secondary N) is 1. The van der Waals surface area contributed by atoms with Gasteiger partial charge in [0.2, 0.25) is 0 Å². The molecule has 0 amide bonds. The van der Waals surface area contributed by atoms with Gasteiger partial charge in [0.1, 0.15) is 5.75 Å². The minimum absolute atomic E-state index is 0.0542. The van der Waals surface area contributed by atoms with E-state index in [-0.39, 0.29) is 5.69 Å². The van der Waals surface area contributed by atoms with Crippen LogP contribution in [0.15, 0.2) is 18.2 Å². The summed E-state index contributed by atoms with van der Waals surface area (Å²) in [6.07, 6.45) is 3.34.